The number of likely N-dealkylation sites (tertiary alicyclic amines) is 1. The van der Waals surface area contributed by atoms with Crippen molar-refractivity contribution in [2.75, 3.05) is 13.1 Å². The molecule has 1 aliphatic rings. The highest BCUT2D eigenvalue weighted by atomic mass is 32.1. The van der Waals surface area contributed by atoms with Gasteiger partial charge in [-0.2, -0.15) is 0 Å². The summed E-state index contributed by atoms with van der Waals surface area (Å²) in [5, 5.41) is 13.9. The summed E-state index contributed by atoms with van der Waals surface area (Å²) in [5.74, 6) is 1.06. The van der Waals surface area contributed by atoms with Crippen molar-refractivity contribution in [2.24, 2.45) is 13.0 Å². The maximum Gasteiger partial charge on any atom is 0.137 e. The van der Waals surface area contributed by atoms with Gasteiger partial charge in [0.2, 0.25) is 0 Å². The molecule has 5 nitrogen and oxygen atoms in total. The molecule has 0 saturated carbocycles. The summed E-state index contributed by atoms with van der Waals surface area (Å²) >= 11 is 1.73. The molecule has 1 aromatic carbocycles. The van der Waals surface area contributed by atoms with E-state index < -0.39 is 6.10 Å². The molecule has 0 radical (unpaired) electrons. The average Bonchev–Trinajstić information content (AvgIpc) is 3.32. The molecule has 3 aromatic rings. The number of imidazole rings is 1. The van der Waals surface area contributed by atoms with Gasteiger partial charge in [-0.1, -0.05) is 30.3 Å². The molecule has 0 bridgehead atoms. The van der Waals surface area contributed by atoms with Gasteiger partial charge in [0.1, 0.15) is 16.9 Å². The van der Waals surface area contributed by atoms with Crippen LogP contribution in [0.2, 0.25) is 0 Å². The molecule has 1 saturated heterocycles. The molecule has 1 fully saturated rings. The Labute approximate surface area is 158 Å². The SMILES string of the molecule is Cn1ccnc1[C@H](O)C1CCN(Cc2nc(-c3ccccc3)cs2)CC1. The highest BCUT2D eigenvalue weighted by Crippen LogP contribution is 2.31. The maximum absolute atomic E-state index is 10.6. The zero-order valence-electron chi connectivity index (χ0n) is 15.0. The van der Waals surface area contributed by atoms with Crippen LogP contribution < -0.4 is 0 Å². The minimum atomic E-state index is -0.471. The number of hydrogen-bond donors (Lipinski definition) is 1. The first-order valence-electron chi connectivity index (χ1n) is 9.08. The van der Waals surface area contributed by atoms with Crippen molar-refractivity contribution < 1.29 is 5.11 Å². The van der Waals surface area contributed by atoms with Crippen molar-refractivity contribution in [3.8, 4) is 11.3 Å². The summed E-state index contributed by atoms with van der Waals surface area (Å²) in [4.78, 5) is 11.5. The fourth-order valence-corrected chi connectivity index (χ4v) is 4.46. The van der Waals surface area contributed by atoms with Gasteiger partial charge < -0.3 is 9.67 Å². The van der Waals surface area contributed by atoms with Crippen molar-refractivity contribution in [1.29, 1.82) is 0 Å². The standard InChI is InChI=1S/C20H24N4OS/c1-23-12-9-21-20(23)19(25)16-7-10-24(11-8-16)13-18-22-17(14-26-18)15-5-3-2-4-6-15/h2-6,9,12,14,16,19,25H,7-8,10-11,13H2,1H3/t19-/m1/s1. The summed E-state index contributed by atoms with van der Waals surface area (Å²) in [6.07, 6.45) is 5.15. The van der Waals surface area contributed by atoms with Crippen molar-refractivity contribution >= 4 is 11.3 Å². The molecule has 26 heavy (non-hydrogen) atoms. The number of benzene rings is 1. The lowest BCUT2D eigenvalue weighted by Crippen LogP contribution is -2.35. The topological polar surface area (TPSA) is 54.2 Å². The largest absolute Gasteiger partial charge is 0.385 e. The number of aliphatic hydroxyl groups excluding tert-OH is 1. The molecule has 4 rings (SSSR count). The van der Waals surface area contributed by atoms with Crippen LogP contribution >= 0.6 is 11.3 Å². The zero-order chi connectivity index (χ0) is 17.9. The normalized spacial score (nSPS) is 17.5. The van der Waals surface area contributed by atoms with Crippen LogP contribution in [0.15, 0.2) is 48.1 Å². The van der Waals surface area contributed by atoms with Crippen LogP contribution in [0.1, 0.15) is 29.8 Å². The van der Waals surface area contributed by atoms with Crippen LogP contribution in [0, 0.1) is 5.92 Å². The first-order valence-corrected chi connectivity index (χ1v) is 9.96. The first-order chi connectivity index (χ1) is 12.7. The highest BCUT2D eigenvalue weighted by Gasteiger charge is 2.28. The number of nitrogens with zero attached hydrogens (tertiary/aromatic N) is 4. The monoisotopic (exact) mass is 368 g/mol. The highest BCUT2D eigenvalue weighted by molar-refractivity contribution is 7.09. The minimum Gasteiger partial charge on any atom is -0.385 e. The molecule has 0 aliphatic carbocycles. The van der Waals surface area contributed by atoms with Crippen molar-refractivity contribution in [3.05, 3.63) is 58.9 Å². The zero-order valence-corrected chi connectivity index (χ0v) is 15.8. The van der Waals surface area contributed by atoms with Gasteiger partial charge in [0.15, 0.2) is 0 Å². The van der Waals surface area contributed by atoms with Crippen LogP contribution in [-0.2, 0) is 13.6 Å². The fraction of sp³-hybridized carbons (Fsp3) is 0.400. The summed E-state index contributed by atoms with van der Waals surface area (Å²) < 4.78 is 1.91. The Bertz CT molecular complexity index is 836. The van der Waals surface area contributed by atoms with Gasteiger partial charge >= 0.3 is 0 Å². The van der Waals surface area contributed by atoms with E-state index in [1.165, 1.54) is 5.56 Å². The molecule has 0 amide bonds. The Morgan fingerprint density at radius 1 is 1.23 bits per heavy atom. The smallest absolute Gasteiger partial charge is 0.137 e. The Kier molecular flexibility index (Phi) is 5.15. The number of aromatic nitrogens is 3. The molecular formula is C20H24N4OS. The van der Waals surface area contributed by atoms with Crippen LogP contribution in [-0.4, -0.2) is 37.6 Å². The van der Waals surface area contributed by atoms with Crippen LogP contribution in [0.3, 0.4) is 0 Å². The van der Waals surface area contributed by atoms with E-state index in [4.69, 9.17) is 4.98 Å². The Hall–Kier alpha value is -2.02. The molecule has 1 atom stereocenters. The predicted molar refractivity (Wildman–Crippen MR) is 104 cm³/mol. The van der Waals surface area contributed by atoms with E-state index in [1.807, 2.05) is 36.0 Å². The van der Waals surface area contributed by atoms with E-state index >= 15 is 0 Å². The Morgan fingerprint density at radius 2 is 2.00 bits per heavy atom. The van der Waals surface area contributed by atoms with Gasteiger partial charge in [-0.15, -0.1) is 11.3 Å². The second-order valence-corrected chi connectivity index (χ2v) is 7.89. The van der Waals surface area contributed by atoms with E-state index in [9.17, 15) is 5.11 Å². The minimum absolute atomic E-state index is 0.281. The van der Waals surface area contributed by atoms with Crippen molar-refractivity contribution in [3.63, 3.8) is 0 Å². The molecule has 2 aromatic heterocycles. The third-order valence-electron chi connectivity index (χ3n) is 5.18. The lowest BCUT2D eigenvalue weighted by atomic mass is 9.91. The second kappa shape index (κ2) is 7.70. The lowest BCUT2D eigenvalue weighted by Gasteiger charge is -2.33. The van der Waals surface area contributed by atoms with Crippen LogP contribution in [0.25, 0.3) is 11.3 Å². The first kappa shape index (κ1) is 17.4. The molecule has 0 spiro atoms. The fourth-order valence-electron chi connectivity index (χ4n) is 3.62. The van der Waals surface area contributed by atoms with Crippen LogP contribution in [0.4, 0.5) is 0 Å². The number of piperidine rings is 1. The summed E-state index contributed by atoms with van der Waals surface area (Å²) in [6, 6.07) is 10.3. The number of thiazole rings is 1. The summed E-state index contributed by atoms with van der Waals surface area (Å²) in [7, 11) is 1.94. The molecular weight excluding hydrogens is 344 g/mol. The number of aliphatic hydroxyl groups is 1. The van der Waals surface area contributed by atoms with E-state index in [0.29, 0.717) is 0 Å². The quantitative estimate of drug-likeness (QED) is 0.749. The molecule has 136 valence electrons. The summed E-state index contributed by atoms with van der Waals surface area (Å²) in [5.41, 5.74) is 2.23. The molecule has 6 heteroatoms. The van der Waals surface area contributed by atoms with Gasteiger partial charge in [0, 0.05) is 30.4 Å². The van der Waals surface area contributed by atoms with E-state index in [-0.39, 0.29) is 5.92 Å². The molecule has 0 unspecified atom stereocenters. The molecule has 1 N–H and O–H groups in total. The van der Waals surface area contributed by atoms with Gasteiger partial charge in [-0.3, -0.25) is 4.90 Å². The maximum atomic E-state index is 10.6. The van der Waals surface area contributed by atoms with E-state index in [1.54, 1.807) is 17.5 Å². The van der Waals surface area contributed by atoms with Gasteiger partial charge in [-0.25, -0.2) is 9.97 Å². The third-order valence-corrected chi connectivity index (χ3v) is 6.02. The van der Waals surface area contributed by atoms with Gasteiger partial charge in [0.05, 0.1) is 12.2 Å². The third kappa shape index (κ3) is 3.72. The van der Waals surface area contributed by atoms with Gasteiger partial charge in [-0.05, 0) is 31.8 Å². The van der Waals surface area contributed by atoms with Crippen LogP contribution in [0.5, 0.6) is 0 Å². The van der Waals surface area contributed by atoms with Crippen molar-refractivity contribution in [2.45, 2.75) is 25.5 Å². The Morgan fingerprint density at radius 3 is 2.69 bits per heavy atom. The lowest BCUT2D eigenvalue weighted by molar-refractivity contribution is 0.0492. The summed E-state index contributed by atoms with van der Waals surface area (Å²) in [6.45, 7) is 2.88. The van der Waals surface area contributed by atoms with E-state index in [0.717, 1.165) is 49.0 Å². The average molecular weight is 369 g/mol. The Balaban J connectivity index is 1.33. The second-order valence-electron chi connectivity index (χ2n) is 6.95. The van der Waals surface area contributed by atoms with E-state index in [2.05, 4.69) is 27.4 Å². The van der Waals surface area contributed by atoms with Gasteiger partial charge in [0.25, 0.3) is 0 Å². The number of hydrogen-bond acceptors (Lipinski definition) is 5. The number of aryl methyl sites for hydroxylation is 1. The van der Waals surface area contributed by atoms with Crippen molar-refractivity contribution in [1.82, 2.24) is 19.4 Å². The molecule has 1 aliphatic heterocycles. The predicted octanol–water partition coefficient (Wildman–Crippen LogP) is 3.49. The number of rotatable bonds is 5. The molecule has 3 heterocycles.